The third-order valence-electron chi connectivity index (χ3n) is 5.89. The molecule has 164 valence electrons. The topological polar surface area (TPSA) is 43.3 Å². The number of benzene rings is 1. The maximum Gasteiger partial charge on any atom is 0.193 e. The highest BCUT2D eigenvalue weighted by Gasteiger charge is 2.25. The quantitative estimate of drug-likeness (QED) is 0.371. The van der Waals surface area contributed by atoms with Gasteiger partial charge in [-0.2, -0.15) is 0 Å². The number of halogens is 1. The van der Waals surface area contributed by atoms with E-state index in [1.54, 1.807) is 0 Å². The first-order valence-electron chi connectivity index (χ1n) is 10.6. The minimum absolute atomic E-state index is 0. The van der Waals surface area contributed by atoms with Crippen molar-refractivity contribution in [2.75, 3.05) is 73.1 Å². The Kier molecular flexibility index (Phi) is 10.1. The zero-order chi connectivity index (χ0) is 19.9. The highest BCUT2D eigenvalue weighted by molar-refractivity contribution is 14.0. The van der Waals surface area contributed by atoms with E-state index in [0.29, 0.717) is 5.92 Å². The van der Waals surface area contributed by atoms with Crippen LogP contribution in [0.3, 0.4) is 0 Å². The first kappa shape index (κ1) is 24.4. The maximum absolute atomic E-state index is 6.07. The van der Waals surface area contributed by atoms with E-state index in [2.05, 4.69) is 70.2 Å². The number of guanidine groups is 1. The number of aliphatic imine (C=N–C) groups is 1. The van der Waals surface area contributed by atoms with Gasteiger partial charge in [0, 0.05) is 52.9 Å². The third kappa shape index (κ3) is 7.08. The summed E-state index contributed by atoms with van der Waals surface area (Å²) in [5.74, 6) is 1.58. The van der Waals surface area contributed by atoms with Crippen LogP contribution in [0, 0.1) is 12.8 Å². The van der Waals surface area contributed by atoms with Gasteiger partial charge < -0.3 is 24.8 Å². The molecule has 3 rings (SSSR count). The van der Waals surface area contributed by atoms with E-state index in [0.717, 1.165) is 38.7 Å². The van der Waals surface area contributed by atoms with Crippen LogP contribution in [0.15, 0.2) is 29.3 Å². The van der Waals surface area contributed by atoms with Crippen molar-refractivity contribution in [2.24, 2.45) is 10.9 Å². The highest BCUT2D eigenvalue weighted by atomic mass is 127. The predicted octanol–water partition coefficient (Wildman–Crippen LogP) is 2.45. The fraction of sp³-hybridized carbons (Fsp3) is 0.682. The summed E-state index contributed by atoms with van der Waals surface area (Å²) >= 11 is 0. The summed E-state index contributed by atoms with van der Waals surface area (Å²) in [4.78, 5) is 11.9. The number of aryl methyl sites for hydroxylation is 1. The molecule has 0 bridgehead atoms. The van der Waals surface area contributed by atoms with Crippen molar-refractivity contribution in [3.63, 3.8) is 0 Å². The van der Waals surface area contributed by atoms with Crippen LogP contribution in [0.2, 0.25) is 0 Å². The predicted molar refractivity (Wildman–Crippen MR) is 131 cm³/mol. The average Bonchev–Trinajstić information content (AvgIpc) is 2.71. The lowest BCUT2D eigenvalue weighted by molar-refractivity contribution is -0.00838. The molecular weight excluding hydrogens is 477 g/mol. The molecule has 2 heterocycles. The zero-order valence-corrected chi connectivity index (χ0v) is 20.8. The minimum Gasteiger partial charge on any atom is -0.370 e. The number of hydrogen-bond donors (Lipinski definition) is 1. The van der Waals surface area contributed by atoms with Crippen molar-refractivity contribution in [1.82, 2.24) is 20.0 Å². The van der Waals surface area contributed by atoms with Gasteiger partial charge in [0.1, 0.15) is 6.10 Å². The van der Waals surface area contributed by atoms with E-state index in [1.807, 2.05) is 7.05 Å². The van der Waals surface area contributed by atoms with Gasteiger partial charge in [-0.25, -0.2) is 0 Å². The summed E-state index contributed by atoms with van der Waals surface area (Å²) in [5.41, 5.74) is 2.57. The first-order valence-corrected chi connectivity index (χ1v) is 10.6. The molecule has 0 aromatic heterocycles. The van der Waals surface area contributed by atoms with E-state index < -0.39 is 0 Å². The summed E-state index contributed by atoms with van der Waals surface area (Å²) < 4.78 is 6.07. The molecule has 6 nitrogen and oxygen atoms in total. The highest BCUT2D eigenvalue weighted by Crippen LogP contribution is 2.25. The number of morpholine rings is 1. The largest absolute Gasteiger partial charge is 0.370 e. The minimum atomic E-state index is 0. The van der Waals surface area contributed by atoms with Crippen LogP contribution in [-0.2, 0) is 4.74 Å². The Morgan fingerprint density at radius 2 is 1.93 bits per heavy atom. The van der Waals surface area contributed by atoms with Gasteiger partial charge in [-0.1, -0.05) is 31.2 Å². The molecular formula is C22H38IN5O. The Morgan fingerprint density at radius 3 is 2.62 bits per heavy atom. The SMILES string of the molecule is CN=C(NCC(C)CN1CCN(C)CC1)N1CCOC(c2ccccc2C)C1.I. The lowest BCUT2D eigenvalue weighted by Crippen LogP contribution is -2.50. The van der Waals surface area contributed by atoms with Crippen LogP contribution in [-0.4, -0.2) is 93.7 Å². The molecule has 0 aliphatic carbocycles. The molecule has 2 aliphatic rings. The van der Waals surface area contributed by atoms with E-state index >= 15 is 0 Å². The number of rotatable bonds is 5. The summed E-state index contributed by atoms with van der Waals surface area (Å²) in [6.07, 6.45) is 0.108. The van der Waals surface area contributed by atoms with Crippen molar-refractivity contribution in [3.05, 3.63) is 35.4 Å². The monoisotopic (exact) mass is 515 g/mol. The van der Waals surface area contributed by atoms with Crippen LogP contribution in [0.4, 0.5) is 0 Å². The van der Waals surface area contributed by atoms with E-state index in [1.165, 1.54) is 37.3 Å². The smallest absolute Gasteiger partial charge is 0.193 e. The van der Waals surface area contributed by atoms with Gasteiger partial charge in [-0.05, 0) is 31.0 Å². The molecule has 1 aromatic carbocycles. The van der Waals surface area contributed by atoms with Gasteiger partial charge >= 0.3 is 0 Å². The standard InChI is InChI=1S/C22H37N5O.HI/c1-18(16-26-11-9-25(4)10-12-26)15-24-22(23-3)27-13-14-28-21(17-27)20-8-6-5-7-19(20)2;/h5-8,18,21H,9-17H2,1-4H3,(H,23,24);1H. The van der Waals surface area contributed by atoms with Gasteiger partial charge in [0.25, 0.3) is 0 Å². The molecule has 1 N–H and O–H groups in total. The lowest BCUT2D eigenvalue weighted by atomic mass is 10.0. The van der Waals surface area contributed by atoms with E-state index in [9.17, 15) is 0 Å². The fourth-order valence-electron chi connectivity index (χ4n) is 4.11. The normalized spacial score (nSPS) is 22.8. The number of ether oxygens (including phenoxy) is 1. The van der Waals surface area contributed by atoms with E-state index in [4.69, 9.17) is 4.74 Å². The molecule has 29 heavy (non-hydrogen) atoms. The molecule has 0 amide bonds. The maximum atomic E-state index is 6.07. The van der Waals surface area contributed by atoms with Gasteiger partial charge in [0.2, 0.25) is 0 Å². The van der Waals surface area contributed by atoms with Crippen molar-refractivity contribution in [2.45, 2.75) is 20.0 Å². The Bertz CT molecular complexity index is 648. The molecule has 0 saturated carbocycles. The second-order valence-corrected chi connectivity index (χ2v) is 8.30. The molecule has 2 unspecified atom stereocenters. The number of nitrogens with one attached hydrogen (secondary N) is 1. The summed E-state index contributed by atoms with van der Waals surface area (Å²) in [6.45, 7) is 13.7. The Hall–Kier alpha value is -0.900. The Morgan fingerprint density at radius 1 is 1.21 bits per heavy atom. The van der Waals surface area contributed by atoms with Gasteiger partial charge in [0.15, 0.2) is 5.96 Å². The molecule has 2 atom stereocenters. The summed E-state index contributed by atoms with van der Waals surface area (Å²) in [5, 5.41) is 3.61. The second kappa shape index (κ2) is 12.1. The van der Waals surface area contributed by atoms with E-state index in [-0.39, 0.29) is 30.1 Å². The van der Waals surface area contributed by atoms with Crippen molar-refractivity contribution in [1.29, 1.82) is 0 Å². The van der Waals surface area contributed by atoms with Gasteiger partial charge in [-0.15, -0.1) is 24.0 Å². The van der Waals surface area contributed by atoms with Crippen molar-refractivity contribution in [3.8, 4) is 0 Å². The molecule has 1 aromatic rings. The van der Waals surface area contributed by atoms with Crippen molar-refractivity contribution >= 4 is 29.9 Å². The van der Waals surface area contributed by atoms with Crippen molar-refractivity contribution < 1.29 is 4.74 Å². The Labute approximate surface area is 193 Å². The Balaban J connectivity index is 0.00000300. The molecule has 2 fully saturated rings. The molecule has 2 aliphatic heterocycles. The number of nitrogens with zero attached hydrogens (tertiary/aromatic N) is 4. The fourth-order valence-corrected chi connectivity index (χ4v) is 4.11. The van der Waals surface area contributed by atoms with Gasteiger partial charge in [-0.3, -0.25) is 4.99 Å². The number of piperazine rings is 1. The lowest BCUT2D eigenvalue weighted by Gasteiger charge is -2.37. The molecule has 0 radical (unpaired) electrons. The van der Waals surface area contributed by atoms with Crippen LogP contribution in [0.25, 0.3) is 0 Å². The zero-order valence-electron chi connectivity index (χ0n) is 18.4. The third-order valence-corrected chi connectivity index (χ3v) is 5.89. The first-order chi connectivity index (χ1) is 13.6. The summed E-state index contributed by atoms with van der Waals surface area (Å²) in [7, 11) is 4.09. The van der Waals surface area contributed by atoms with Crippen LogP contribution in [0.1, 0.15) is 24.2 Å². The number of likely N-dealkylation sites (N-methyl/N-ethyl adjacent to an activating group) is 1. The molecule has 0 spiro atoms. The van der Waals surface area contributed by atoms with Crippen LogP contribution in [0.5, 0.6) is 0 Å². The average molecular weight is 515 g/mol. The van der Waals surface area contributed by atoms with Gasteiger partial charge in [0.05, 0.1) is 13.2 Å². The van der Waals surface area contributed by atoms with Crippen LogP contribution < -0.4 is 5.32 Å². The second-order valence-electron chi connectivity index (χ2n) is 8.30. The summed E-state index contributed by atoms with van der Waals surface area (Å²) in [6, 6.07) is 8.52. The molecule has 7 heteroatoms. The molecule has 2 saturated heterocycles. The van der Waals surface area contributed by atoms with Crippen LogP contribution >= 0.6 is 24.0 Å². The number of hydrogen-bond acceptors (Lipinski definition) is 4.